The predicted octanol–water partition coefficient (Wildman–Crippen LogP) is 5.66. The van der Waals surface area contributed by atoms with Crippen LogP contribution in [0.2, 0.25) is 0 Å². The van der Waals surface area contributed by atoms with Crippen LogP contribution in [0.15, 0.2) is 36.6 Å². The molecule has 0 aromatic carbocycles. The lowest BCUT2D eigenvalue weighted by atomic mass is 10.0. The van der Waals surface area contributed by atoms with Crippen LogP contribution in [0.3, 0.4) is 0 Å². The molecular formula is C18H42N2. The number of hydrogen-bond donors (Lipinski definition) is 2. The third kappa shape index (κ3) is 43.5. The number of hydrogen-bond acceptors (Lipinski definition) is 2. The zero-order valence-electron chi connectivity index (χ0n) is 15.7. The molecule has 0 aromatic heterocycles. The van der Waals surface area contributed by atoms with E-state index in [9.17, 15) is 0 Å². The number of allylic oxidation sites excluding steroid dienone is 3. The van der Waals surface area contributed by atoms with Gasteiger partial charge in [-0.1, -0.05) is 80.2 Å². The first-order valence-corrected chi connectivity index (χ1v) is 7.83. The second-order valence-electron chi connectivity index (χ2n) is 3.56. The molecular weight excluding hydrogens is 244 g/mol. The van der Waals surface area contributed by atoms with Gasteiger partial charge < -0.3 is 11.5 Å². The van der Waals surface area contributed by atoms with E-state index in [-0.39, 0.29) is 5.92 Å². The van der Waals surface area contributed by atoms with Gasteiger partial charge in [-0.3, -0.25) is 0 Å². The summed E-state index contributed by atoms with van der Waals surface area (Å²) < 4.78 is 0. The predicted molar refractivity (Wildman–Crippen MR) is 99.8 cm³/mol. The smallest absolute Gasteiger partial charge is 0.0270 e. The molecule has 4 N–H and O–H groups in total. The number of rotatable bonds is 3. The van der Waals surface area contributed by atoms with E-state index in [0.29, 0.717) is 12.2 Å². The summed E-state index contributed by atoms with van der Waals surface area (Å²) in [5.74, 6) is 0.252. The molecule has 0 saturated heterocycles. The standard InChI is InChI=1S/C7H14N2.C4H8.C3H8.2C2H6/c1-5(4-8)6(2)7(3)9;1-3-4-2;1-3-2;2*1-2/h5H,2-4,8-9H2,1H3;3-4H,1-2H3;3H2,1-2H3;2*1-2H3/b;4-3-;;;. The molecule has 0 bridgehead atoms. The Morgan fingerprint density at radius 3 is 1.30 bits per heavy atom. The van der Waals surface area contributed by atoms with Crippen LogP contribution in [0.25, 0.3) is 0 Å². The highest BCUT2D eigenvalue weighted by Gasteiger charge is 2.03. The molecule has 0 radical (unpaired) electrons. The maximum atomic E-state index is 5.36. The maximum Gasteiger partial charge on any atom is 0.0270 e. The van der Waals surface area contributed by atoms with Crippen molar-refractivity contribution < 1.29 is 0 Å². The topological polar surface area (TPSA) is 52.0 Å². The number of nitrogens with two attached hydrogens (primary N) is 2. The van der Waals surface area contributed by atoms with Crippen molar-refractivity contribution in [2.24, 2.45) is 17.4 Å². The second kappa shape index (κ2) is 36.1. The van der Waals surface area contributed by atoms with Gasteiger partial charge in [0.05, 0.1) is 0 Å². The van der Waals surface area contributed by atoms with Gasteiger partial charge in [0.1, 0.15) is 0 Å². The molecule has 1 unspecified atom stereocenters. The van der Waals surface area contributed by atoms with Gasteiger partial charge in [-0.2, -0.15) is 0 Å². The van der Waals surface area contributed by atoms with Crippen LogP contribution in [-0.4, -0.2) is 6.54 Å². The average Bonchev–Trinajstić information content (AvgIpc) is 2.50. The quantitative estimate of drug-likeness (QED) is 0.519. The largest absolute Gasteiger partial charge is 0.399 e. The molecule has 0 spiro atoms. The summed E-state index contributed by atoms with van der Waals surface area (Å²) in [4.78, 5) is 0. The van der Waals surface area contributed by atoms with E-state index in [1.54, 1.807) is 0 Å². The Balaban J connectivity index is -0.0000000572. The van der Waals surface area contributed by atoms with E-state index in [2.05, 4.69) is 27.0 Å². The summed E-state index contributed by atoms with van der Waals surface area (Å²) in [6.45, 7) is 26.1. The van der Waals surface area contributed by atoms with Crippen LogP contribution in [-0.2, 0) is 0 Å². The van der Waals surface area contributed by atoms with Crippen molar-refractivity contribution >= 4 is 0 Å². The minimum absolute atomic E-state index is 0.252. The van der Waals surface area contributed by atoms with Crippen molar-refractivity contribution in [1.29, 1.82) is 0 Å². The minimum Gasteiger partial charge on any atom is -0.399 e. The van der Waals surface area contributed by atoms with Crippen molar-refractivity contribution in [3.8, 4) is 0 Å². The Hall–Kier alpha value is -1.02. The Morgan fingerprint density at radius 1 is 1.00 bits per heavy atom. The van der Waals surface area contributed by atoms with Crippen LogP contribution >= 0.6 is 0 Å². The summed E-state index contributed by atoms with van der Waals surface area (Å²) in [6.07, 6.45) is 5.25. The van der Waals surface area contributed by atoms with Gasteiger partial charge in [0, 0.05) is 5.70 Å². The Bertz CT molecular complexity index is 190. The summed E-state index contributed by atoms with van der Waals surface area (Å²) in [5.41, 5.74) is 12.1. The lowest BCUT2D eigenvalue weighted by Crippen LogP contribution is -2.15. The normalized spacial score (nSPS) is 9.10. The Morgan fingerprint density at radius 2 is 1.25 bits per heavy atom. The maximum absolute atomic E-state index is 5.36. The molecule has 124 valence electrons. The monoisotopic (exact) mass is 286 g/mol. The van der Waals surface area contributed by atoms with Gasteiger partial charge in [0.2, 0.25) is 0 Å². The fourth-order valence-corrected chi connectivity index (χ4v) is 0.459. The van der Waals surface area contributed by atoms with Crippen LogP contribution in [0.4, 0.5) is 0 Å². The van der Waals surface area contributed by atoms with E-state index in [4.69, 9.17) is 11.5 Å². The van der Waals surface area contributed by atoms with Gasteiger partial charge in [-0.05, 0) is 31.9 Å². The highest BCUT2D eigenvalue weighted by atomic mass is 14.6. The fraction of sp³-hybridized carbons (Fsp3) is 0.667. The van der Waals surface area contributed by atoms with Crippen LogP contribution in [0, 0.1) is 5.92 Å². The zero-order chi connectivity index (χ0) is 17.6. The first-order chi connectivity index (χ1) is 9.42. The van der Waals surface area contributed by atoms with Crippen LogP contribution < -0.4 is 11.5 Å². The van der Waals surface area contributed by atoms with E-state index in [1.165, 1.54) is 6.42 Å². The third-order valence-electron chi connectivity index (χ3n) is 1.69. The van der Waals surface area contributed by atoms with Crippen molar-refractivity contribution in [3.63, 3.8) is 0 Å². The van der Waals surface area contributed by atoms with Crippen molar-refractivity contribution in [1.82, 2.24) is 0 Å². The van der Waals surface area contributed by atoms with E-state index >= 15 is 0 Å². The molecule has 0 aliphatic carbocycles. The fourth-order valence-electron chi connectivity index (χ4n) is 0.459. The van der Waals surface area contributed by atoms with E-state index in [1.807, 2.05) is 60.6 Å². The molecule has 0 amide bonds. The van der Waals surface area contributed by atoms with Crippen molar-refractivity contribution in [2.45, 2.75) is 68.7 Å². The third-order valence-corrected chi connectivity index (χ3v) is 1.69. The van der Waals surface area contributed by atoms with Crippen molar-refractivity contribution in [3.05, 3.63) is 36.6 Å². The molecule has 0 rings (SSSR count). The second-order valence-corrected chi connectivity index (χ2v) is 3.56. The molecule has 0 saturated carbocycles. The lowest BCUT2D eigenvalue weighted by Gasteiger charge is -2.10. The summed E-state index contributed by atoms with van der Waals surface area (Å²) >= 11 is 0. The van der Waals surface area contributed by atoms with Crippen LogP contribution in [0.5, 0.6) is 0 Å². The minimum atomic E-state index is 0.252. The van der Waals surface area contributed by atoms with Crippen molar-refractivity contribution in [2.75, 3.05) is 6.54 Å². The van der Waals surface area contributed by atoms with E-state index < -0.39 is 0 Å². The van der Waals surface area contributed by atoms with Gasteiger partial charge in [-0.15, -0.1) is 0 Å². The molecule has 20 heavy (non-hydrogen) atoms. The molecule has 0 heterocycles. The van der Waals surface area contributed by atoms with Gasteiger partial charge >= 0.3 is 0 Å². The summed E-state index contributed by atoms with van der Waals surface area (Å²) in [6, 6.07) is 0. The molecule has 0 aliphatic heterocycles. The van der Waals surface area contributed by atoms with Gasteiger partial charge in [-0.25, -0.2) is 0 Å². The summed E-state index contributed by atoms with van der Waals surface area (Å²) in [5, 5.41) is 0. The average molecular weight is 287 g/mol. The SMILES string of the molecule is C/C=C\C.C=C(N)C(=C)C(C)CN.CC.CC.CCC. The molecule has 0 aliphatic rings. The summed E-state index contributed by atoms with van der Waals surface area (Å²) in [7, 11) is 0. The van der Waals surface area contributed by atoms with Gasteiger partial charge in [0.25, 0.3) is 0 Å². The zero-order valence-corrected chi connectivity index (χ0v) is 15.7. The first kappa shape index (κ1) is 31.4. The molecule has 1 atom stereocenters. The Kier molecular flexibility index (Phi) is 56.7. The Labute approximate surface area is 130 Å². The first-order valence-electron chi connectivity index (χ1n) is 7.83. The molecule has 2 nitrogen and oxygen atoms in total. The van der Waals surface area contributed by atoms with E-state index in [0.717, 1.165) is 5.57 Å². The van der Waals surface area contributed by atoms with Gasteiger partial charge in [0.15, 0.2) is 0 Å². The highest BCUT2D eigenvalue weighted by molar-refractivity contribution is 5.23. The molecule has 0 fully saturated rings. The molecule has 0 aromatic rings. The molecule has 2 heteroatoms. The lowest BCUT2D eigenvalue weighted by molar-refractivity contribution is 0.702. The highest BCUT2D eigenvalue weighted by Crippen LogP contribution is 2.09. The van der Waals surface area contributed by atoms with Crippen LogP contribution in [0.1, 0.15) is 68.7 Å².